The molecule has 0 aliphatic rings. The van der Waals surface area contributed by atoms with Crippen LogP contribution in [0.3, 0.4) is 0 Å². The smallest absolute Gasteiger partial charge is 0.193 e. The lowest BCUT2D eigenvalue weighted by Gasteiger charge is -2.38. The molecule has 0 spiro atoms. The van der Waals surface area contributed by atoms with Gasteiger partial charge in [-0.15, -0.1) is 0 Å². The zero-order chi connectivity index (χ0) is 19.2. The molecule has 7 nitrogen and oxygen atoms in total. The summed E-state index contributed by atoms with van der Waals surface area (Å²) in [5, 5.41) is 27.6. The van der Waals surface area contributed by atoms with E-state index in [9.17, 15) is 10.5 Å². The largest absolute Gasteiger partial charge is 0.379 e. The van der Waals surface area contributed by atoms with Gasteiger partial charge in [-0.2, -0.15) is 20.8 Å². The van der Waals surface area contributed by atoms with Crippen LogP contribution < -0.4 is 0 Å². The summed E-state index contributed by atoms with van der Waals surface area (Å²) < 4.78 is 16.3. The highest BCUT2D eigenvalue weighted by Crippen LogP contribution is 2.32. The minimum atomic E-state index is -1.30. The van der Waals surface area contributed by atoms with Crippen LogP contribution in [0, 0.1) is 22.7 Å². The van der Waals surface area contributed by atoms with Gasteiger partial charge in [0, 0.05) is 27.8 Å². The van der Waals surface area contributed by atoms with Crippen molar-refractivity contribution in [3.05, 3.63) is 0 Å². The Labute approximate surface area is 145 Å². The van der Waals surface area contributed by atoms with Gasteiger partial charge < -0.3 is 14.2 Å². The normalized spacial score (nSPS) is 19.1. The third-order valence-corrected chi connectivity index (χ3v) is 4.17. The van der Waals surface area contributed by atoms with Gasteiger partial charge >= 0.3 is 0 Å². The molecule has 24 heavy (non-hydrogen) atoms. The van der Waals surface area contributed by atoms with Crippen LogP contribution in [0.4, 0.5) is 0 Å². The number of azo groups is 1. The molecule has 0 aromatic heterocycles. The quantitative estimate of drug-likeness (QED) is 0.601. The van der Waals surface area contributed by atoms with Gasteiger partial charge in [0.15, 0.2) is 11.1 Å². The van der Waals surface area contributed by atoms with Crippen molar-refractivity contribution >= 4 is 0 Å². The second kappa shape index (κ2) is 8.02. The Balaban J connectivity index is 5.74. The van der Waals surface area contributed by atoms with Crippen LogP contribution in [0.5, 0.6) is 0 Å². The maximum atomic E-state index is 9.65. The van der Waals surface area contributed by atoms with E-state index in [-0.39, 0.29) is 0 Å². The highest BCUT2D eigenvalue weighted by Gasteiger charge is 2.46. The Bertz CT molecular complexity index is 533. The Hall–Kier alpha value is -1.54. The first-order chi connectivity index (χ1) is 10.8. The van der Waals surface area contributed by atoms with Gasteiger partial charge in [-0.25, -0.2) is 0 Å². The van der Waals surface area contributed by atoms with Gasteiger partial charge in [0.05, 0.1) is 23.3 Å². The average Bonchev–Trinajstić information content (AvgIpc) is 2.53. The van der Waals surface area contributed by atoms with Crippen molar-refractivity contribution in [1.29, 1.82) is 10.5 Å². The van der Waals surface area contributed by atoms with Crippen LogP contribution in [0.2, 0.25) is 0 Å². The first-order valence-corrected chi connectivity index (χ1v) is 7.75. The monoisotopic (exact) mass is 338 g/mol. The lowest BCUT2D eigenvalue weighted by atomic mass is 9.85. The van der Waals surface area contributed by atoms with Crippen molar-refractivity contribution in [3.8, 4) is 12.1 Å². The molecule has 0 saturated carbocycles. The summed E-state index contributed by atoms with van der Waals surface area (Å²) in [5.41, 5.74) is -3.72. The highest BCUT2D eigenvalue weighted by molar-refractivity contribution is 5.15. The topological polar surface area (TPSA) is 100.0 Å². The van der Waals surface area contributed by atoms with Crippen LogP contribution in [0.25, 0.3) is 0 Å². The van der Waals surface area contributed by atoms with Crippen molar-refractivity contribution < 1.29 is 14.2 Å². The molecule has 0 N–H and O–H groups in total. The maximum Gasteiger partial charge on any atom is 0.193 e. The summed E-state index contributed by atoms with van der Waals surface area (Å²) in [6, 6.07) is 4.29. The molecule has 0 amide bonds. The van der Waals surface area contributed by atoms with E-state index in [0.29, 0.717) is 6.42 Å². The molecule has 0 saturated heterocycles. The summed E-state index contributed by atoms with van der Waals surface area (Å²) in [6.45, 7) is 10.6. The fourth-order valence-corrected chi connectivity index (χ4v) is 2.64. The van der Waals surface area contributed by atoms with E-state index in [0.717, 1.165) is 0 Å². The molecule has 0 radical (unpaired) electrons. The van der Waals surface area contributed by atoms with Crippen molar-refractivity contribution in [1.82, 2.24) is 0 Å². The third kappa shape index (κ3) is 5.52. The number of nitrogens with zero attached hydrogens (tertiary/aromatic N) is 4. The Morgan fingerprint density at radius 3 is 1.75 bits per heavy atom. The highest BCUT2D eigenvalue weighted by atomic mass is 16.5. The van der Waals surface area contributed by atoms with E-state index in [1.165, 1.54) is 7.11 Å². The number of ether oxygens (including phenoxy) is 3. The van der Waals surface area contributed by atoms with Crippen LogP contribution in [0.1, 0.15) is 48.0 Å². The molecule has 0 aliphatic carbocycles. The van der Waals surface area contributed by atoms with Gasteiger partial charge in [0.25, 0.3) is 0 Å². The van der Waals surface area contributed by atoms with Gasteiger partial charge in [0.1, 0.15) is 6.10 Å². The number of hydrogen-bond acceptors (Lipinski definition) is 7. The number of rotatable bonds is 9. The van der Waals surface area contributed by atoms with Crippen LogP contribution in [0.15, 0.2) is 10.2 Å². The molecule has 0 aromatic rings. The van der Waals surface area contributed by atoms with Crippen molar-refractivity contribution in [2.45, 2.75) is 76.3 Å². The minimum Gasteiger partial charge on any atom is -0.379 e. The van der Waals surface area contributed by atoms with Gasteiger partial charge in [-0.05, 0) is 41.5 Å². The SMILES string of the molecule is COC(C(C)(C#N)N=NC(C)(C#N)CC(C)(C)OC)C(C)(C)OC. The fraction of sp³-hybridized carbons (Fsp3) is 0.882. The van der Waals surface area contributed by atoms with E-state index in [4.69, 9.17) is 14.2 Å². The Kier molecular flexibility index (Phi) is 7.51. The zero-order valence-electron chi connectivity index (χ0n) is 16.3. The van der Waals surface area contributed by atoms with Gasteiger partial charge in [0.2, 0.25) is 0 Å². The lowest BCUT2D eigenvalue weighted by Crippen LogP contribution is -2.52. The van der Waals surface area contributed by atoms with E-state index < -0.39 is 28.4 Å². The van der Waals surface area contributed by atoms with Gasteiger partial charge in [-0.1, -0.05) is 0 Å². The summed E-state index contributed by atoms with van der Waals surface area (Å²) in [6.07, 6.45) is -0.328. The molecule has 0 aromatic carbocycles. The summed E-state index contributed by atoms with van der Waals surface area (Å²) in [4.78, 5) is 0. The molecule has 0 rings (SSSR count). The molecule has 3 unspecified atom stereocenters. The molecule has 0 aliphatic heterocycles. The Morgan fingerprint density at radius 2 is 1.42 bits per heavy atom. The standard InChI is InChI=1S/C17H30N4O3/c1-14(2,23-8)10-16(5,11-18)20-21-17(6,12-19)13(22-7)15(3,4)24-9/h13H,10H2,1-9H3. The van der Waals surface area contributed by atoms with E-state index in [2.05, 4.69) is 22.4 Å². The van der Waals surface area contributed by atoms with E-state index in [1.54, 1.807) is 28.1 Å². The molecule has 0 fully saturated rings. The number of methoxy groups -OCH3 is 3. The van der Waals surface area contributed by atoms with Gasteiger partial charge in [-0.3, -0.25) is 0 Å². The van der Waals surface area contributed by atoms with E-state index in [1.807, 2.05) is 27.7 Å². The van der Waals surface area contributed by atoms with Crippen LogP contribution in [-0.4, -0.2) is 49.7 Å². The summed E-state index contributed by atoms with van der Waals surface area (Å²) in [5.74, 6) is 0. The fourth-order valence-electron chi connectivity index (χ4n) is 2.64. The zero-order valence-corrected chi connectivity index (χ0v) is 16.3. The predicted molar refractivity (Wildman–Crippen MR) is 90.5 cm³/mol. The second-order valence-electron chi connectivity index (χ2n) is 7.41. The Morgan fingerprint density at radius 1 is 0.875 bits per heavy atom. The third-order valence-electron chi connectivity index (χ3n) is 4.17. The van der Waals surface area contributed by atoms with Crippen LogP contribution >= 0.6 is 0 Å². The van der Waals surface area contributed by atoms with Crippen molar-refractivity contribution in [3.63, 3.8) is 0 Å². The number of hydrogen-bond donors (Lipinski definition) is 0. The molecule has 0 heterocycles. The predicted octanol–water partition coefficient (Wildman–Crippen LogP) is 3.26. The van der Waals surface area contributed by atoms with Crippen molar-refractivity contribution in [2.24, 2.45) is 10.2 Å². The van der Waals surface area contributed by atoms with E-state index >= 15 is 0 Å². The molecular formula is C17H30N4O3. The molecule has 136 valence electrons. The lowest BCUT2D eigenvalue weighted by molar-refractivity contribution is -0.114. The summed E-state index contributed by atoms with van der Waals surface area (Å²) >= 11 is 0. The minimum absolute atomic E-state index is 0.337. The average molecular weight is 338 g/mol. The maximum absolute atomic E-state index is 9.65. The first-order valence-electron chi connectivity index (χ1n) is 7.75. The van der Waals surface area contributed by atoms with Crippen molar-refractivity contribution in [2.75, 3.05) is 21.3 Å². The first kappa shape index (κ1) is 22.5. The second-order valence-corrected chi connectivity index (χ2v) is 7.41. The molecule has 0 bridgehead atoms. The molecule has 3 atom stereocenters. The van der Waals surface area contributed by atoms with Crippen LogP contribution in [-0.2, 0) is 14.2 Å². The molecular weight excluding hydrogens is 308 g/mol. The number of nitriles is 2. The molecule has 7 heteroatoms. The summed E-state index contributed by atoms with van der Waals surface area (Å²) in [7, 11) is 4.62.